The van der Waals surface area contributed by atoms with Crippen LogP contribution in [0.2, 0.25) is 0 Å². The average Bonchev–Trinajstić information content (AvgIpc) is 3.39. The van der Waals surface area contributed by atoms with Crippen LogP contribution in [0, 0.1) is 0 Å². The number of rotatable bonds is 9. The third kappa shape index (κ3) is 5.21. The fourth-order valence-electron chi connectivity index (χ4n) is 2.83. The largest absolute Gasteiger partial charge is 0.457 e. The first-order valence-electron chi connectivity index (χ1n) is 9.51. The van der Waals surface area contributed by atoms with Crippen molar-refractivity contribution in [2.45, 2.75) is 52.2 Å². The highest BCUT2D eigenvalue weighted by atomic mass is 16.5. The van der Waals surface area contributed by atoms with Gasteiger partial charge < -0.3 is 4.74 Å². The van der Waals surface area contributed by atoms with Crippen LogP contribution >= 0.6 is 0 Å². The molecule has 0 N–H and O–H groups in total. The summed E-state index contributed by atoms with van der Waals surface area (Å²) in [6.45, 7) is 3.30. The summed E-state index contributed by atoms with van der Waals surface area (Å²) < 4.78 is 6.83. The smallest absolute Gasteiger partial charge is 0.306 e. The van der Waals surface area contributed by atoms with E-state index in [2.05, 4.69) is 27.6 Å². The van der Waals surface area contributed by atoms with Gasteiger partial charge in [0.15, 0.2) is 12.4 Å². The maximum absolute atomic E-state index is 12.3. The zero-order valence-corrected chi connectivity index (χ0v) is 16.0. The molecule has 2 aromatic rings. The Kier molecular flexibility index (Phi) is 6.83. The van der Waals surface area contributed by atoms with Crippen LogP contribution in [-0.4, -0.2) is 49.3 Å². The summed E-state index contributed by atoms with van der Waals surface area (Å²) in [6.07, 6.45) is 2.74. The summed E-state index contributed by atoms with van der Waals surface area (Å²) in [5.41, 5.74) is 1.90. The van der Waals surface area contributed by atoms with Crippen molar-refractivity contribution in [2.24, 2.45) is 5.10 Å². The highest BCUT2D eigenvalue weighted by Crippen LogP contribution is 2.15. The number of amides is 1. The van der Waals surface area contributed by atoms with Crippen LogP contribution in [0.15, 0.2) is 35.4 Å². The first kappa shape index (κ1) is 19.7. The third-order valence-electron chi connectivity index (χ3n) is 4.43. The van der Waals surface area contributed by atoms with Crippen molar-refractivity contribution in [1.82, 2.24) is 25.2 Å². The Bertz CT molecular complexity index is 833. The molecule has 9 heteroatoms. The van der Waals surface area contributed by atoms with Gasteiger partial charge in [-0.2, -0.15) is 5.10 Å². The number of esters is 1. The van der Waals surface area contributed by atoms with Crippen LogP contribution in [0.5, 0.6) is 0 Å². The molecular weight excluding hydrogens is 360 g/mol. The summed E-state index contributed by atoms with van der Waals surface area (Å²) in [5, 5.41) is 17.2. The molecule has 2 heterocycles. The number of carbonyl (C=O) groups is 2. The van der Waals surface area contributed by atoms with Crippen LogP contribution in [0.4, 0.5) is 0 Å². The van der Waals surface area contributed by atoms with Gasteiger partial charge in [0.2, 0.25) is 5.91 Å². The average molecular weight is 384 g/mol. The van der Waals surface area contributed by atoms with Crippen LogP contribution in [0.25, 0.3) is 0 Å². The number of tetrazole rings is 1. The Hall–Kier alpha value is -3.10. The van der Waals surface area contributed by atoms with Crippen molar-refractivity contribution in [3.8, 4) is 0 Å². The number of nitrogens with zero attached hydrogens (tertiary/aromatic N) is 6. The van der Waals surface area contributed by atoms with Crippen molar-refractivity contribution >= 4 is 17.6 Å². The Morgan fingerprint density at radius 3 is 2.79 bits per heavy atom. The van der Waals surface area contributed by atoms with Gasteiger partial charge in [0.1, 0.15) is 0 Å². The second-order valence-corrected chi connectivity index (χ2v) is 6.51. The number of aromatic nitrogens is 4. The molecule has 3 rings (SSSR count). The van der Waals surface area contributed by atoms with E-state index in [1.165, 1.54) is 5.01 Å². The van der Waals surface area contributed by atoms with Crippen molar-refractivity contribution < 1.29 is 14.3 Å². The number of hydrazone groups is 1. The van der Waals surface area contributed by atoms with E-state index in [0.717, 1.165) is 24.1 Å². The lowest BCUT2D eigenvalue weighted by molar-refractivity contribution is -0.147. The number of hydrogen-bond donors (Lipinski definition) is 0. The standard InChI is InChI=1S/C19H24N6O3/c1-2-3-12-24-17(20-22-23-24)14-28-19(27)10-9-18(26)25-13-11-16(21-25)15-7-5-4-6-8-15/h4-8H,2-3,9-14H2,1H3. The fraction of sp³-hybridized carbons (Fsp3) is 0.474. The van der Waals surface area contributed by atoms with Gasteiger partial charge in [0.25, 0.3) is 0 Å². The molecule has 0 atom stereocenters. The van der Waals surface area contributed by atoms with Crippen molar-refractivity contribution in [1.29, 1.82) is 0 Å². The fourth-order valence-corrected chi connectivity index (χ4v) is 2.83. The third-order valence-corrected chi connectivity index (χ3v) is 4.43. The van der Waals surface area contributed by atoms with E-state index in [0.29, 0.717) is 25.3 Å². The molecule has 28 heavy (non-hydrogen) atoms. The highest BCUT2D eigenvalue weighted by Gasteiger charge is 2.22. The molecule has 0 unspecified atom stereocenters. The van der Waals surface area contributed by atoms with Crippen LogP contribution < -0.4 is 0 Å². The van der Waals surface area contributed by atoms with Gasteiger partial charge in [-0.15, -0.1) is 5.10 Å². The second kappa shape index (κ2) is 9.72. The molecule has 9 nitrogen and oxygen atoms in total. The topological polar surface area (TPSA) is 103 Å². The summed E-state index contributed by atoms with van der Waals surface area (Å²) in [4.78, 5) is 24.3. The molecule has 1 aromatic heterocycles. The van der Waals surface area contributed by atoms with E-state index < -0.39 is 5.97 Å². The van der Waals surface area contributed by atoms with Gasteiger partial charge in [-0.1, -0.05) is 43.7 Å². The molecule has 0 spiro atoms. The van der Waals surface area contributed by atoms with E-state index in [4.69, 9.17) is 4.74 Å². The van der Waals surface area contributed by atoms with Crippen molar-refractivity contribution in [3.63, 3.8) is 0 Å². The molecule has 0 aliphatic carbocycles. The normalized spacial score (nSPS) is 13.5. The summed E-state index contributed by atoms with van der Waals surface area (Å²) in [5.74, 6) is -0.134. The highest BCUT2D eigenvalue weighted by molar-refractivity contribution is 6.02. The molecule has 0 saturated heterocycles. The van der Waals surface area contributed by atoms with Gasteiger partial charge >= 0.3 is 5.97 Å². The number of carbonyl (C=O) groups excluding carboxylic acids is 2. The molecule has 0 radical (unpaired) electrons. The minimum atomic E-state index is -0.454. The minimum Gasteiger partial charge on any atom is -0.457 e. The maximum Gasteiger partial charge on any atom is 0.306 e. The monoisotopic (exact) mass is 384 g/mol. The maximum atomic E-state index is 12.3. The van der Waals surface area contributed by atoms with E-state index in [9.17, 15) is 9.59 Å². The van der Waals surface area contributed by atoms with Crippen LogP contribution in [0.3, 0.4) is 0 Å². The minimum absolute atomic E-state index is 0.00203. The summed E-state index contributed by atoms with van der Waals surface area (Å²) >= 11 is 0. The first-order chi connectivity index (χ1) is 13.7. The van der Waals surface area contributed by atoms with E-state index in [-0.39, 0.29) is 25.4 Å². The first-order valence-corrected chi connectivity index (χ1v) is 9.51. The van der Waals surface area contributed by atoms with Gasteiger partial charge in [0.05, 0.1) is 18.7 Å². The van der Waals surface area contributed by atoms with Gasteiger partial charge in [-0.3, -0.25) is 9.59 Å². The lowest BCUT2D eigenvalue weighted by Crippen LogP contribution is -2.24. The van der Waals surface area contributed by atoms with E-state index >= 15 is 0 Å². The van der Waals surface area contributed by atoms with E-state index in [1.54, 1.807) is 4.68 Å². The van der Waals surface area contributed by atoms with Gasteiger partial charge in [-0.25, -0.2) is 9.69 Å². The lowest BCUT2D eigenvalue weighted by atomic mass is 10.1. The molecule has 0 saturated carbocycles. The number of aryl methyl sites for hydroxylation is 1. The zero-order valence-electron chi connectivity index (χ0n) is 16.0. The molecule has 148 valence electrons. The van der Waals surface area contributed by atoms with Crippen LogP contribution in [-0.2, 0) is 27.5 Å². The van der Waals surface area contributed by atoms with Crippen molar-refractivity contribution in [2.75, 3.05) is 6.54 Å². The molecular formula is C19H24N6O3. The molecule has 1 aliphatic rings. The quantitative estimate of drug-likeness (QED) is 0.612. The Balaban J connectivity index is 1.43. The molecule has 1 amide bonds. The molecule has 1 aromatic carbocycles. The molecule has 0 fully saturated rings. The molecule has 1 aliphatic heterocycles. The number of benzene rings is 1. The summed E-state index contributed by atoms with van der Waals surface area (Å²) in [6, 6.07) is 9.76. The Labute approximate surface area is 163 Å². The Morgan fingerprint density at radius 1 is 1.18 bits per heavy atom. The zero-order chi connectivity index (χ0) is 19.8. The number of ether oxygens (including phenoxy) is 1. The Morgan fingerprint density at radius 2 is 2.00 bits per heavy atom. The predicted molar refractivity (Wildman–Crippen MR) is 101 cm³/mol. The SMILES string of the molecule is CCCCn1nnnc1COC(=O)CCC(=O)N1CCC(c2ccccc2)=N1. The predicted octanol–water partition coefficient (Wildman–Crippen LogP) is 1.93. The number of unbranched alkanes of at least 4 members (excludes halogenated alkanes) is 1. The number of hydrogen-bond acceptors (Lipinski definition) is 7. The second-order valence-electron chi connectivity index (χ2n) is 6.51. The lowest BCUT2D eigenvalue weighted by Gasteiger charge is -2.11. The van der Waals surface area contributed by atoms with Crippen molar-refractivity contribution in [3.05, 3.63) is 41.7 Å². The van der Waals surface area contributed by atoms with Gasteiger partial charge in [-0.05, 0) is 22.4 Å². The van der Waals surface area contributed by atoms with E-state index in [1.807, 2.05) is 30.3 Å². The van der Waals surface area contributed by atoms with Crippen LogP contribution in [0.1, 0.15) is 50.4 Å². The van der Waals surface area contributed by atoms with Gasteiger partial charge in [0, 0.05) is 19.4 Å². The molecule has 0 bridgehead atoms. The summed E-state index contributed by atoms with van der Waals surface area (Å²) in [7, 11) is 0.